The van der Waals surface area contributed by atoms with E-state index >= 15 is 0 Å². The number of aliphatic imine (C=N–C) groups is 1. The number of nitrogens with two attached hydrogens (primary N) is 1. The molecule has 10 heteroatoms. The lowest BCUT2D eigenvalue weighted by Gasteiger charge is -2.26. The topological polar surface area (TPSA) is 102 Å². The fourth-order valence-corrected chi connectivity index (χ4v) is 5.13. The molecule has 1 aliphatic rings. The molecule has 4 rings (SSSR count). The number of carbonyl (C=O) groups excluding carboxylic acids is 3. The highest BCUT2D eigenvalue weighted by Crippen LogP contribution is 2.33. The zero-order chi connectivity index (χ0) is 29.0. The zero-order valence-corrected chi connectivity index (χ0v) is 22.3. The molecule has 3 N–H and O–H groups in total. The standard InChI is InChI=1S/C30H27ClF3N3O3/c1-17-7-5-12-21-23(17)16-24(38)28(36-26(21)19-10-6-11-20(31)15-19)37-29(40)22(13-14-30(32,33)34)25(27(35)39)18-8-3-2-4-9-18/h2-12,15,22,25,28H,13-14,16H2,1H3,(H2,35,39)(H,37,40)/t22-,25+,28-/m1/s1. The molecule has 3 aromatic carbocycles. The smallest absolute Gasteiger partial charge is 0.369 e. The number of carbonyl (C=O) groups is 3. The van der Waals surface area contributed by atoms with Crippen molar-refractivity contribution in [2.75, 3.05) is 0 Å². The highest BCUT2D eigenvalue weighted by Gasteiger charge is 2.39. The maximum Gasteiger partial charge on any atom is 0.389 e. The molecule has 1 aliphatic heterocycles. The van der Waals surface area contributed by atoms with E-state index in [1.54, 1.807) is 42.5 Å². The summed E-state index contributed by atoms with van der Waals surface area (Å²) in [5.41, 5.74) is 9.15. The fourth-order valence-electron chi connectivity index (χ4n) is 4.94. The first-order valence-corrected chi connectivity index (χ1v) is 13.0. The number of amides is 2. The van der Waals surface area contributed by atoms with Gasteiger partial charge in [0.15, 0.2) is 11.9 Å². The summed E-state index contributed by atoms with van der Waals surface area (Å²) < 4.78 is 39.7. The van der Waals surface area contributed by atoms with Crippen molar-refractivity contribution in [3.05, 3.63) is 106 Å². The Morgan fingerprint density at radius 1 is 1.07 bits per heavy atom. The van der Waals surface area contributed by atoms with Crippen LogP contribution < -0.4 is 11.1 Å². The first-order valence-electron chi connectivity index (χ1n) is 12.6. The van der Waals surface area contributed by atoms with Gasteiger partial charge in [-0.2, -0.15) is 13.2 Å². The number of ketones is 1. The van der Waals surface area contributed by atoms with Crippen molar-refractivity contribution in [1.29, 1.82) is 0 Å². The normalized spacial score (nSPS) is 16.8. The Labute approximate surface area is 234 Å². The van der Waals surface area contributed by atoms with Crippen molar-refractivity contribution in [2.45, 2.75) is 44.4 Å². The number of Topliss-reactive ketones (excluding diaryl/α,β-unsaturated/α-hetero) is 1. The van der Waals surface area contributed by atoms with E-state index in [9.17, 15) is 27.6 Å². The van der Waals surface area contributed by atoms with Crippen LogP contribution in [0.15, 0.2) is 77.8 Å². The van der Waals surface area contributed by atoms with Gasteiger partial charge in [0, 0.05) is 29.0 Å². The van der Waals surface area contributed by atoms with Crippen LogP contribution in [0.4, 0.5) is 13.2 Å². The molecule has 0 saturated heterocycles. The van der Waals surface area contributed by atoms with Crippen LogP contribution in [0.1, 0.15) is 46.6 Å². The largest absolute Gasteiger partial charge is 0.389 e. The van der Waals surface area contributed by atoms with Crippen LogP contribution in [-0.4, -0.2) is 35.7 Å². The van der Waals surface area contributed by atoms with Gasteiger partial charge in [0.2, 0.25) is 11.8 Å². The molecule has 3 atom stereocenters. The number of benzene rings is 3. The van der Waals surface area contributed by atoms with Gasteiger partial charge in [-0.1, -0.05) is 72.3 Å². The van der Waals surface area contributed by atoms with Gasteiger partial charge in [-0.15, -0.1) is 0 Å². The van der Waals surface area contributed by atoms with E-state index in [1.807, 2.05) is 25.1 Å². The predicted molar refractivity (Wildman–Crippen MR) is 146 cm³/mol. The Kier molecular flexibility index (Phi) is 8.73. The van der Waals surface area contributed by atoms with E-state index in [-0.39, 0.29) is 6.42 Å². The van der Waals surface area contributed by atoms with Crippen LogP contribution in [0, 0.1) is 12.8 Å². The molecule has 0 radical (unpaired) electrons. The number of aryl methyl sites for hydroxylation is 1. The number of nitrogens with zero attached hydrogens (tertiary/aromatic N) is 1. The van der Waals surface area contributed by atoms with Gasteiger partial charge in [-0.3, -0.25) is 19.4 Å². The molecule has 6 nitrogen and oxygen atoms in total. The summed E-state index contributed by atoms with van der Waals surface area (Å²) in [6, 6.07) is 20.2. The van der Waals surface area contributed by atoms with Crippen LogP contribution in [-0.2, 0) is 20.8 Å². The fraction of sp³-hybridized carbons (Fsp3) is 0.267. The third-order valence-corrected chi connectivity index (χ3v) is 7.13. The molecule has 40 heavy (non-hydrogen) atoms. The van der Waals surface area contributed by atoms with E-state index in [1.165, 1.54) is 12.1 Å². The van der Waals surface area contributed by atoms with Crippen molar-refractivity contribution in [3.63, 3.8) is 0 Å². The second-order valence-corrected chi connectivity index (χ2v) is 10.1. The quantitative estimate of drug-likeness (QED) is 0.386. The minimum Gasteiger partial charge on any atom is -0.369 e. The first-order chi connectivity index (χ1) is 18.9. The van der Waals surface area contributed by atoms with Crippen LogP contribution in [0.3, 0.4) is 0 Å². The number of hydrogen-bond donors (Lipinski definition) is 2. The number of rotatable bonds is 8. The molecule has 208 valence electrons. The van der Waals surface area contributed by atoms with Crippen molar-refractivity contribution in [1.82, 2.24) is 5.32 Å². The molecule has 3 aromatic rings. The SMILES string of the molecule is Cc1cccc2c1CC(=O)[C@@H](NC(=O)[C@H](CCC(F)(F)F)[C@@H](C(N)=O)c1ccccc1)N=C2c1cccc(Cl)c1. The molecule has 0 saturated carbocycles. The van der Waals surface area contributed by atoms with E-state index in [4.69, 9.17) is 17.3 Å². The highest BCUT2D eigenvalue weighted by molar-refractivity contribution is 6.31. The predicted octanol–water partition coefficient (Wildman–Crippen LogP) is 5.28. The molecule has 0 aliphatic carbocycles. The van der Waals surface area contributed by atoms with E-state index in [0.29, 0.717) is 27.4 Å². The lowest BCUT2D eigenvalue weighted by atomic mass is 9.81. The van der Waals surface area contributed by atoms with Gasteiger partial charge in [0.1, 0.15) is 0 Å². The van der Waals surface area contributed by atoms with Crippen LogP contribution in [0.5, 0.6) is 0 Å². The van der Waals surface area contributed by atoms with Crippen molar-refractivity contribution < 1.29 is 27.6 Å². The number of primary amides is 1. The minimum atomic E-state index is -4.58. The monoisotopic (exact) mass is 569 g/mol. The Morgan fingerprint density at radius 2 is 1.77 bits per heavy atom. The molecule has 0 spiro atoms. The van der Waals surface area contributed by atoms with Crippen molar-refractivity contribution in [3.8, 4) is 0 Å². The second kappa shape index (κ2) is 12.0. The van der Waals surface area contributed by atoms with Crippen molar-refractivity contribution >= 4 is 34.9 Å². The number of fused-ring (bicyclic) bond motifs is 1. The summed E-state index contributed by atoms with van der Waals surface area (Å²) in [4.78, 5) is 44.1. The number of alkyl halides is 3. The Balaban J connectivity index is 1.75. The van der Waals surface area contributed by atoms with Crippen LogP contribution in [0.25, 0.3) is 0 Å². The summed E-state index contributed by atoms with van der Waals surface area (Å²) in [6.07, 6.45) is -8.07. The van der Waals surface area contributed by atoms with E-state index < -0.39 is 54.6 Å². The molecule has 0 fully saturated rings. The molecule has 0 bridgehead atoms. The van der Waals surface area contributed by atoms with E-state index in [2.05, 4.69) is 10.3 Å². The lowest BCUT2D eigenvalue weighted by molar-refractivity contribution is -0.144. The second-order valence-electron chi connectivity index (χ2n) is 9.69. The maximum atomic E-state index is 13.6. The molecule has 0 unspecified atom stereocenters. The van der Waals surface area contributed by atoms with Gasteiger partial charge in [-0.25, -0.2) is 0 Å². The molecule has 1 heterocycles. The molecular weight excluding hydrogens is 543 g/mol. The van der Waals surface area contributed by atoms with Gasteiger partial charge in [0.05, 0.1) is 17.5 Å². The average molecular weight is 570 g/mol. The van der Waals surface area contributed by atoms with E-state index in [0.717, 1.165) is 11.1 Å². The summed E-state index contributed by atoms with van der Waals surface area (Å²) in [6.45, 7) is 1.85. The van der Waals surface area contributed by atoms with Gasteiger partial charge in [-0.05, 0) is 42.2 Å². The van der Waals surface area contributed by atoms with Crippen LogP contribution >= 0.6 is 11.6 Å². The number of halogens is 4. The maximum absolute atomic E-state index is 13.6. The van der Waals surface area contributed by atoms with Gasteiger partial charge < -0.3 is 11.1 Å². The zero-order valence-electron chi connectivity index (χ0n) is 21.5. The molecular formula is C30H27ClF3N3O3. The molecule has 2 amide bonds. The third kappa shape index (κ3) is 6.77. The minimum absolute atomic E-state index is 0.0638. The average Bonchev–Trinajstić information content (AvgIpc) is 3.03. The highest BCUT2D eigenvalue weighted by atomic mass is 35.5. The summed E-state index contributed by atoms with van der Waals surface area (Å²) in [5.74, 6) is -5.17. The van der Waals surface area contributed by atoms with Crippen molar-refractivity contribution in [2.24, 2.45) is 16.6 Å². The Morgan fingerprint density at radius 3 is 2.42 bits per heavy atom. The molecule has 0 aromatic heterocycles. The first kappa shape index (κ1) is 29.0. The number of hydrogen-bond acceptors (Lipinski definition) is 4. The summed E-state index contributed by atoms with van der Waals surface area (Å²) in [5, 5.41) is 2.97. The van der Waals surface area contributed by atoms with Gasteiger partial charge in [0.25, 0.3) is 0 Å². The number of nitrogens with one attached hydrogen (secondary N) is 1. The third-order valence-electron chi connectivity index (χ3n) is 6.90. The lowest BCUT2D eigenvalue weighted by Crippen LogP contribution is -2.46. The summed E-state index contributed by atoms with van der Waals surface area (Å²) in [7, 11) is 0. The Hall–Kier alpha value is -3.98. The Bertz CT molecular complexity index is 1460. The van der Waals surface area contributed by atoms with Crippen LogP contribution in [0.2, 0.25) is 5.02 Å². The van der Waals surface area contributed by atoms with Gasteiger partial charge >= 0.3 is 6.18 Å². The summed E-state index contributed by atoms with van der Waals surface area (Å²) >= 11 is 6.22.